The van der Waals surface area contributed by atoms with Crippen LogP contribution in [0.15, 0.2) is 0 Å². The van der Waals surface area contributed by atoms with Crippen LogP contribution >= 0.6 is 0 Å². The van der Waals surface area contributed by atoms with Crippen molar-refractivity contribution < 1.29 is 13.3 Å². The van der Waals surface area contributed by atoms with Crippen LogP contribution < -0.4 is 0 Å². The quantitative estimate of drug-likeness (QED) is 0.623. The molecular formula is C10H24N2O3Si. The summed E-state index contributed by atoms with van der Waals surface area (Å²) in [5.41, 5.74) is 0. The van der Waals surface area contributed by atoms with Gasteiger partial charge in [0.1, 0.15) is 0 Å². The van der Waals surface area contributed by atoms with Crippen LogP contribution in [-0.2, 0) is 13.3 Å². The molecule has 16 heavy (non-hydrogen) atoms. The minimum atomic E-state index is -2.37. The molecule has 1 rings (SSSR count). The van der Waals surface area contributed by atoms with Crippen LogP contribution in [-0.4, -0.2) is 79.7 Å². The highest BCUT2D eigenvalue weighted by Gasteiger charge is 2.37. The SMILES string of the molecule is CO[Si](CCN1CCN(C)CC1)(OC)OC. The Balaban J connectivity index is 2.32. The molecule has 1 heterocycles. The Labute approximate surface area is 99.6 Å². The van der Waals surface area contributed by atoms with Crippen molar-refractivity contribution in [2.75, 3.05) is 61.1 Å². The molecule has 1 aliphatic rings. The molecule has 0 amide bonds. The van der Waals surface area contributed by atoms with Crippen molar-refractivity contribution in [3.05, 3.63) is 0 Å². The molecule has 0 aromatic rings. The lowest BCUT2D eigenvalue weighted by Gasteiger charge is -2.34. The first-order valence-electron chi connectivity index (χ1n) is 5.72. The molecule has 0 spiro atoms. The molecule has 0 aromatic heterocycles. The number of piperazine rings is 1. The molecule has 0 atom stereocenters. The molecular weight excluding hydrogens is 224 g/mol. The van der Waals surface area contributed by atoms with Gasteiger partial charge in [-0.2, -0.15) is 0 Å². The van der Waals surface area contributed by atoms with Gasteiger partial charge in [-0.1, -0.05) is 0 Å². The Bertz CT molecular complexity index is 186. The lowest BCUT2D eigenvalue weighted by Crippen LogP contribution is -2.49. The van der Waals surface area contributed by atoms with E-state index < -0.39 is 8.80 Å². The van der Waals surface area contributed by atoms with Gasteiger partial charge in [-0.15, -0.1) is 0 Å². The van der Waals surface area contributed by atoms with Crippen molar-refractivity contribution in [1.82, 2.24) is 9.80 Å². The Kier molecular flexibility index (Phi) is 5.88. The minimum Gasteiger partial charge on any atom is -0.377 e. The molecule has 0 radical (unpaired) electrons. The third-order valence-electron chi connectivity index (χ3n) is 3.26. The normalized spacial score (nSPS) is 20.2. The zero-order valence-corrected chi connectivity index (χ0v) is 11.9. The Hall–Kier alpha value is 0.0169. The summed E-state index contributed by atoms with van der Waals surface area (Å²) >= 11 is 0. The van der Waals surface area contributed by atoms with E-state index in [1.165, 1.54) is 0 Å². The molecule has 0 aliphatic carbocycles. The second-order valence-electron chi connectivity index (χ2n) is 4.19. The second kappa shape index (κ2) is 6.68. The first-order chi connectivity index (χ1) is 7.65. The van der Waals surface area contributed by atoms with Crippen LogP contribution in [0.5, 0.6) is 0 Å². The molecule has 0 unspecified atom stereocenters. The zero-order valence-electron chi connectivity index (χ0n) is 10.9. The third-order valence-corrected chi connectivity index (χ3v) is 5.97. The van der Waals surface area contributed by atoms with Crippen molar-refractivity contribution in [2.45, 2.75) is 6.04 Å². The minimum absolute atomic E-state index is 0.861. The predicted octanol–water partition coefficient (Wildman–Crippen LogP) is 0.112. The van der Waals surface area contributed by atoms with Gasteiger partial charge < -0.3 is 23.1 Å². The summed E-state index contributed by atoms with van der Waals surface area (Å²) < 4.78 is 16.2. The maximum absolute atomic E-state index is 5.41. The summed E-state index contributed by atoms with van der Waals surface area (Å²) in [5, 5.41) is 0. The van der Waals surface area contributed by atoms with E-state index in [0.29, 0.717) is 0 Å². The molecule has 1 saturated heterocycles. The highest BCUT2D eigenvalue weighted by atomic mass is 28.4. The Morgan fingerprint density at radius 1 is 0.938 bits per heavy atom. The van der Waals surface area contributed by atoms with Crippen molar-refractivity contribution in [3.8, 4) is 0 Å². The van der Waals surface area contributed by atoms with E-state index in [1.54, 1.807) is 21.3 Å². The van der Waals surface area contributed by atoms with Crippen molar-refractivity contribution >= 4 is 8.80 Å². The Morgan fingerprint density at radius 2 is 1.44 bits per heavy atom. The fourth-order valence-electron chi connectivity index (χ4n) is 1.92. The summed E-state index contributed by atoms with van der Waals surface area (Å²) in [4.78, 5) is 4.79. The first kappa shape index (κ1) is 14.1. The molecule has 0 N–H and O–H groups in total. The summed E-state index contributed by atoms with van der Waals surface area (Å²) in [6.45, 7) is 5.52. The largest absolute Gasteiger partial charge is 0.501 e. The summed E-state index contributed by atoms with van der Waals surface area (Å²) in [5.74, 6) is 0. The first-order valence-corrected chi connectivity index (χ1v) is 7.65. The van der Waals surface area contributed by atoms with E-state index in [0.717, 1.165) is 38.8 Å². The van der Waals surface area contributed by atoms with Gasteiger partial charge in [0.15, 0.2) is 0 Å². The molecule has 0 aromatic carbocycles. The lowest BCUT2D eigenvalue weighted by molar-refractivity contribution is 0.110. The van der Waals surface area contributed by atoms with E-state index in [9.17, 15) is 0 Å². The predicted molar refractivity (Wildman–Crippen MR) is 65.5 cm³/mol. The van der Waals surface area contributed by atoms with Crippen LogP contribution in [0.25, 0.3) is 0 Å². The number of hydrogen-bond donors (Lipinski definition) is 0. The lowest BCUT2D eigenvalue weighted by atomic mass is 10.3. The average Bonchev–Trinajstić information content (AvgIpc) is 2.34. The van der Waals surface area contributed by atoms with E-state index in [2.05, 4.69) is 16.8 Å². The number of rotatable bonds is 6. The maximum Gasteiger partial charge on any atom is 0.501 e. The van der Waals surface area contributed by atoms with Gasteiger partial charge in [0, 0.05) is 60.1 Å². The number of hydrogen-bond acceptors (Lipinski definition) is 5. The third kappa shape index (κ3) is 3.79. The van der Waals surface area contributed by atoms with Crippen LogP contribution in [0, 0.1) is 0 Å². The van der Waals surface area contributed by atoms with Crippen LogP contribution in [0.3, 0.4) is 0 Å². The van der Waals surface area contributed by atoms with Crippen LogP contribution in [0.2, 0.25) is 6.04 Å². The highest BCUT2D eigenvalue weighted by Crippen LogP contribution is 2.14. The molecule has 6 heteroatoms. The van der Waals surface area contributed by atoms with E-state index >= 15 is 0 Å². The zero-order chi connectivity index (χ0) is 12.0. The highest BCUT2D eigenvalue weighted by molar-refractivity contribution is 6.60. The van der Waals surface area contributed by atoms with Gasteiger partial charge >= 0.3 is 8.80 Å². The van der Waals surface area contributed by atoms with Gasteiger partial charge in [0.25, 0.3) is 0 Å². The summed E-state index contributed by atoms with van der Waals surface area (Å²) in [6, 6.07) is 0.861. The molecule has 1 aliphatic heterocycles. The summed E-state index contributed by atoms with van der Waals surface area (Å²) in [6.07, 6.45) is 0. The fourth-order valence-corrected chi connectivity index (χ4v) is 3.63. The second-order valence-corrected chi connectivity index (χ2v) is 7.28. The monoisotopic (exact) mass is 248 g/mol. The summed E-state index contributed by atoms with van der Waals surface area (Å²) in [7, 11) is 4.80. The van der Waals surface area contributed by atoms with Crippen LogP contribution in [0.4, 0.5) is 0 Å². The standard InChI is InChI=1S/C10H24N2O3Si/c1-11-5-7-12(8-6-11)9-10-16(13-2,14-3)15-4/h5-10H2,1-4H3. The van der Waals surface area contributed by atoms with Crippen LogP contribution in [0.1, 0.15) is 0 Å². The molecule has 0 saturated carbocycles. The van der Waals surface area contributed by atoms with Crippen molar-refractivity contribution in [3.63, 3.8) is 0 Å². The number of nitrogens with zero attached hydrogens (tertiary/aromatic N) is 2. The van der Waals surface area contributed by atoms with E-state index in [-0.39, 0.29) is 0 Å². The average molecular weight is 248 g/mol. The maximum atomic E-state index is 5.41. The van der Waals surface area contributed by atoms with Gasteiger partial charge in [-0.05, 0) is 7.05 Å². The van der Waals surface area contributed by atoms with Gasteiger partial charge in [0.05, 0.1) is 0 Å². The molecule has 0 bridgehead atoms. The van der Waals surface area contributed by atoms with Crippen molar-refractivity contribution in [2.24, 2.45) is 0 Å². The molecule has 96 valence electrons. The van der Waals surface area contributed by atoms with Crippen molar-refractivity contribution in [1.29, 1.82) is 0 Å². The Morgan fingerprint density at radius 3 is 1.88 bits per heavy atom. The van der Waals surface area contributed by atoms with E-state index in [1.807, 2.05) is 0 Å². The van der Waals surface area contributed by atoms with E-state index in [4.69, 9.17) is 13.3 Å². The van der Waals surface area contributed by atoms with Gasteiger partial charge in [-0.3, -0.25) is 0 Å². The smallest absolute Gasteiger partial charge is 0.377 e. The number of likely N-dealkylation sites (N-methyl/N-ethyl adjacent to an activating group) is 1. The van der Waals surface area contributed by atoms with Gasteiger partial charge in [-0.25, -0.2) is 0 Å². The fraction of sp³-hybridized carbons (Fsp3) is 1.00. The van der Waals surface area contributed by atoms with Gasteiger partial charge in [0.2, 0.25) is 0 Å². The topological polar surface area (TPSA) is 34.2 Å². The molecule has 1 fully saturated rings. The molecule has 5 nitrogen and oxygen atoms in total.